The number of benzene rings is 1. The monoisotopic (exact) mass is 288 g/mol. The van der Waals surface area contributed by atoms with Gasteiger partial charge in [-0.2, -0.15) is 0 Å². The van der Waals surface area contributed by atoms with E-state index in [1.54, 1.807) is 0 Å². The van der Waals surface area contributed by atoms with Crippen LogP contribution >= 0.6 is 11.3 Å². The van der Waals surface area contributed by atoms with Crippen molar-refractivity contribution >= 4 is 17.1 Å². The van der Waals surface area contributed by atoms with E-state index in [1.807, 2.05) is 56.5 Å². The molecule has 1 heterocycles. The molecule has 0 aliphatic heterocycles. The van der Waals surface area contributed by atoms with Crippen molar-refractivity contribution in [2.45, 2.75) is 33.2 Å². The van der Waals surface area contributed by atoms with Crippen LogP contribution in [-0.2, 0) is 11.2 Å². The average molecular weight is 288 g/mol. The number of ketones is 1. The van der Waals surface area contributed by atoms with Gasteiger partial charge in [-0.25, -0.2) is 4.98 Å². The van der Waals surface area contributed by atoms with E-state index in [2.05, 4.69) is 4.98 Å². The Morgan fingerprint density at radius 2 is 1.95 bits per heavy atom. The summed E-state index contributed by atoms with van der Waals surface area (Å²) in [5.41, 5.74) is 7.77. The Bertz CT molecular complexity index is 584. The summed E-state index contributed by atoms with van der Waals surface area (Å²) in [6.07, 6.45) is 0.315. The lowest BCUT2D eigenvalue weighted by molar-refractivity contribution is -0.121. The molecule has 3 nitrogen and oxygen atoms in total. The summed E-state index contributed by atoms with van der Waals surface area (Å²) in [7, 11) is 0. The normalized spacial score (nSPS) is 13.2. The maximum Gasteiger partial charge on any atom is 0.156 e. The minimum atomic E-state index is -0.452. The third-order valence-electron chi connectivity index (χ3n) is 3.23. The van der Waals surface area contributed by atoms with Crippen molar-refractivity contribution in [3.63, 3.8) is 0 Å². The standard InChI is InChI=1S/C16H20N2OS/c1-16(2,3)15(17)13(19)9-14-18-12(10-20-14)11-7-5-4-6-8-11/h4-8,10,15H,9,17H2,1-3H3. The van der Waals surface area contributed by atoms with Crippen LogP contribution in [0.15, 0.2) is 35.7 Å². The fourth-order valence-corrected chi connectivity index (χ4v) is 2.69. The SMILES string of the molecule is CC(C)(C)C(N)C(=O)Cc1nc(-c2ccccc2)cs1. The van der Waals surface area contributed by atoms with Crippen molar-refractivity contribution in [1.29, 1.82) is 0 Å². The zero-order valence-corrected chi connectivity index (χ0v) is 12.9. The van der Waals surface area contributed by atoms with E-state index in [0.29, 0.717) is 6.42 Å². The average Bonchev–Trinajstić information content (AvgIpc) is 2.86. The molecule has 0 radical (unpaired) electrons. The molecule has 0 spiro atoms. The van der Waals surface area contributed by atoms with E-state index in [1.165, 1.54) is 11.3 Å². The minimum Gasteiger partial charge on any atom is -0.321 e. The van der Waals surface area contributed by atoms with Crippen LogP contribution in [0.3, 0.4) is 0 Å². The molecule has 2 rings (SSSR count). The third kappa shape index (κ3) is 3.52. The first-order chi connectivity index (χ1) is 9.38. The lowest BCUT2D eigenvalue weighted by Gasteiger charge is -2.25. The van der Waals surface area contributed by atoms with Gasteiger partial charge in [-0.15, -0.1) is 11.3 Å². The second kappa shape index (κ2) is 5.85. The smallest absolute Gasteiger partial charge is 0.156 e. The summed E-state index contributed by atoms with van der Waals surface area (Å²) >= 11 is 1.51. The largest absolute Gasteiger partial charge is 0.321 e. The molecule has 0 aliphatic carbocycles. The molecule has 0 saturated carbocycles. The van der Waals surface area contributed by atoms with Gasteiger partial charge in [0.2, 0.25) is 0 Å². The van der Waals surface area contributed by atoms with Gasteiger partial charge in [-0.05, 0) is 5.41 Å². The molecule has 2 N–H and O–H groups in total. The number of Topliss-reactive ketones (excluding diaryl/α,β-unsaturated/α-hetero) is 1. The van der Waals surface area contributed by atoms with Crippen molar-refractivity contribution in [2.24, 2.45) is 11.1 Å². The zero-order valence-electron chi connectivity index (χ0n) is 12.1. The molecule has 20 heavy (non-hydrogen) atoms. The first-order valence-corrected chi connectivity index (χ1v) is 7.54. The quantitative estimate of drug-likeness (QED) is 0.939. The molecular weight excluding hydrogens is 268 g/mol. The minimum absolute atomic E-state index is 0.0476. The van der Waals surface area contributed by atoms with Crippen LogP contribution in [0.25, 0.3) is 11.3 Å². The van der Waals surface area contributed by atoms with Gasteiger partial charge in [-0.1, -0.05) is 51.1 Å². The van der Waals surface area contributed by atoms with E-state index < -0.39 is 6.04 Å². The lowest BCUT2D eigenvalue weighted by atomic mass is 9.84. The van der Waals surface area contributed by atoms with Crippen molar-refractivity contribution in [2.75, 3.05) is 0 Å². The molecule has 0 saturated heterocycles. The number of aromatic nitrogens is 1. The lowest BCUT2D eigenvalue weighted by Crippen LogP contribution is -2.43. The predicted octanol–water partition coefficient (Wildman–Crippen LogP) is 3.30. The summed E-state index contributed by atoms with van der Waals surface area (Å²) in [5, 5.41) is 2.81. The first kappa shape index (κ1) is 14.9. The van der Waals surface area contributed by atoms with Crippen LogP contribution in [0.4, 0.5) is 0 Å². The van der Waals surface area contributed by atoms with Crippen LogP contribution in [0, 0.1) is 5.41 Å². The van der Waals surface area contributed by atoms with E-state index in [-0.39, 0.29) is 11.2 Å². The second-order valence-electron chi connectivity index (χ2n) is 5.98. The van der Waals surface area contributed by atoms with Gasteiger partial charge in [0, 0.05) is 10.9 Å². The van der Waals surface area contributed by atoms with Gasteiger partial charge in [-0.3, -0.25) is 4.79 Å². The Morgan fingerprint density at radius 3 is 2.55 bits per heavy atom. The molecule has 0 amide bonds. The molecule has 1 unspecified atom stereocenters. The third-order valence-corrected chi connectivity index (χ3v) is 4.08. The van der Waals surface area contributed by atoms with Crippen LogP contribution < -0.4 is 5.73 Å². The fraction of sp³-hybridized carbons (Fsp3) is 0.375. The molecule has 1 atom stereocenters. The van der Waals surface area contributed by atoms with Gasteiger partial charge in [0.25, 0.3) is 0 Å². The number of carbonyl (C=O) groups excluding carboxylic acids is 1. The predicted molar refractivity (Wildman–Crippen MR) is 83.7 cm³/mol. The molecule has 4 heteroatoms. The molecule has 1 aromatic heterocycles. The summed E-state index contributed by atoms with van der Waals surface area (Å²) in [6.45, 7) is 5.94. The Labute approximate surface area is 123 Å². The molecule has 2 aromatic rings. The van der Waals surface area contributed by atoms with E-state index in [9.17, 15) is 4.79 Å². The topological polar surface area (TPSA) is 56.0 Å². The summed E-state index contributed by atoms with van der Waals surface area (Å²) in [5.74, 6) is 0.0476. The Kier molecular flexibility index (Phi) is 4.35. The maximum absolute atomic E-state index is 12.1. The van der Waals surface area contributed by atoms with Gasteiger partial charge < -0.3 is 5.73 Å². The van der Waals surface area contributed by atoms with Gasteiger partial charge in [0.05, 0.1) is 18.2 Å². The molecule has 0 aliphatic rings. The number of hydrogen-bond acceptors (Lipinski definition) is 4. The number of carbonyl (C=O) groups is 1. The second-order valence-corrected chi connectivity index (χ2v) is 6.92. The summed E-state index contributed by atoms with van der Waals surface area (Å²) in [6, 6.07) is 9.52. The Hall–Kier alpha value is -1.52. The fourth-order valence-electron chi connectivity index (χ4n) is 1.88. The molecule has 0 fully saturated rings. The number of nitrogens with zero attached hydrogens (tertiary/aromatic N) is 1. The van der Waals surface area contributed by atoms with E-state index in [0.717, 1.165) is 16.3 Å². The van der Waals surface area contributed by atoms with Crippen molar-refractivity contribution in [1.82, 2.24) is 4.98 Å². The van der Waals surface area contributed by atoms with Gasteiger partial charge in [0.1, 0.15) is 5.01 Å². The highest BCUT2D eigenvalue weighted by molar-refractivity contribution is 7.10. The highest BCUT2D eigenvalue weighted by Gasteiger charge is 2.27. The number of thiazole rings is 1. The highest BCUT2D eigenvalue weighted by Crippen LogP contribution is 2.24. The van der Waals surface area contributed by atoms with E-state index in [4.69, 9.17) is 5.73 Å². The summed E-state index contributed by atoms with van der Waals surface area (Å²) < 4.78 is 0. The first-order valence-electron chi connectivity index (χ1n) is 6.66. The molecule has 106 valence electrons. The van der Waals surface area contributed by atoms with Crippen LogP contribution in [0.5, 0.6) is 0 Å². The number of hydrogen-bond donors (Lipinski definition) is 1. The van der Waals surface area contributed by atoms with Crippen molar-refractivity contribution in [3.8, 4) is 11.3 Å². The van der Waals surface area contributed by atoms with Crippen LogP contribution in [0.1, 0.15) is 25.8 Å². The zero-order chi connectivity index (χ0) is 14.8. The Morgan fingerprint density at radius 1 is 1.30 bits per heavy atom. The van der Waals surface area contributed by atoms with E-state index >= 15 is 0 Å². The van der Waals surface area contributed by atoms with Crippen molar-refractivity contribution in [3.05, 3.63) is 40.7 Å². The number of rotatable bonds is 4. The van der Waals surface area contributed by atoms with Gasteiger partial charge in [0.15, 0.2) is 5.78 Å². The highest BCUT2D eigenvalue weighted by atomic mass is 32.1. The molecule has 0 bridgehead atoms. The van der Waals surface area contributed by atoms with Gasteiger partial charge >= 0.3 is 0 Å². The molecular formula is C16H20N2OS. The van der Waals surface area contributed by atoms with Crippen LogP contribution in [-0.4, -0.2) is 16.8 Å². The summed E-state index contributed by atoms with van der Waals surface area (Å²) in [4.78, 5) is 16.7. The molecule has 1 aromatic carbocycles. The Balaban J connectivity index is 2.09. The maximum atomic E-state index is 12.1. The van der Waals surface area contributed by atoms with Crippen molar-refractivity contribution < 1.29 is 4.79 Å². The number of nitrogens with two attached hydrogens (primary N) is 1. The van der Waals surface area contributed by atoms with Crippen LogP contribution in [0.2, 0.25) is 0 Å².